The Kier molecular flexibility index (Phi) is 3.59. The Labute approximate surface area is 140 Å². The van der Waals surface area contributed by atoms with E-state index in [0.29, 0.717) is 11.0 Å². The molecule has 4 aliphatic rings. The molecule has 1 heterocycles. The van der Waals surface area contributed by atoms with Gasteiger partial charge in [0.05, 0.1) is 5.25 Å². The van der Waals surface area contributed by atoms with Gasteiger partial charge in [0.2, 0.25) is 11.1 Å². The molecule has 4 saturated carbocycles. The molecule has 7 heteroatoms. The Morgan fingerprint density at radius 3 is 2.30 bits per heavy atom. The predicted octanol–water partition coefficient (Wildman–Crippen LogP) is 1.87. The van der Waals surface area contributed by atoms with Crippen LogP contribution in [0.4, 0.5) is 0 Å². The number of nitrogens with zero attached hydrogens (tertiary/aromatic N) is 3. The number of hydrogen-bond acceptors (Lipinski definition) is 5. The van der Waals surface area contributed by atoms with E-state index in [1.165, 1.54) is 55.0 Å². The first-order valence-electron chi connectivity index (χ1n) is 8.60. The minimum atomic E-state index is -0.214. The van der Waals surface area contributed by atoms with E-state index < -0.39 is 0 Å². The molecule has 3 N–H and O–H groups in total. The van der Waals surface area contributed by atoms with Crippen LogP contribution in [0, 0.1) is 24.7 Å². The van der Waals surface area contributed by atoms with Crippen molar-refractivity contribution in [2.75, 3.05) is 5.84 Å². The molecule has 0 saturated heterocycles. The lowest BCUT2D eigenvalue weighted by Crippen LogP contribution is -2.60. The van der Waals surface area contributed by atoms with Crippen LogP contribution in [0.3, 0.4) is 0 Å². The minimum Gasteiger partial charge on any atom is -0.350 e. The van der Waals surface area contributed by atoms with Crippen LogP contribution < -0.4 is 11.2 Å². The molecule has 4 fully saturated rings. The van der Waals surface area contributed by atoms with E-state index in [4.69, 9.17) is 5.84 Å². The van der Waals surface area contributed by atoms with Gasteiger partial charge in [-0.2, -0.15) is 0 Å². The first kappa shape index (κ1) is 15.3. The maximum absolute atomic E-state index is 12.7. The van der Waals surface area contributed by atoms with Crippen LogP contribution in [0.15, 0.2) is 5.16 Å². The molecule has 5 rings (SSSR count). The topological polar surface area (TPSA) is 85.8 Å². The fourth-order valence-electron chi connectivity index (χ4n) is 5.27. The molecule has 4 aliphatic carbocycles. The zero-order chi connectivity index (χ0) is 16.2. The van der Waals surface area contributed by atoms with Gasteiger partial charge in [-0.25, -0.2) is 4.68 Å². The summed E-state index contributed by atoms with van der Waals surface area (Å²) in [5.41, 5.74) is 0.0625. The molecule has 1 aromatic heterocycles. The zero-order valence-electron chi connectivity index (χ0n) is 13.8. The highest BCUT2D eigenvalue weighted by atomic mass is 32.2. The number of thioether (sulfide) groups is 1. The monoisotopic (exact) mass is 335 g/mol. The lowest BCUT2D eigenvalue weighted by Gasteiger charge is -2.57. The summed E-state index contributed by atoms with van der Waals surface area (Å²) in [7, 11) is 0. The van der Waals surface area contributed by atoms with Crippen molar-refractivity contribution in [1.29, 1.82) is 0 Å². The van der Waals surface area contributed by atoms with Crippen molar-refractivity contribution in [2.45, 2.75) is 68.3 Å². The zero-order valence-corrected chi connectivity index (χ0v) is 14.6. The summed E-state index contributed by atoms with van der Waals surface area (Å²) in [6, 6.07) is 0. The quantitative estimate of drug-likeness (QED) is 0.648. The van der Waals surface area contributed by atoms with E-state index in [-0.39, 0.29) is 16.7 Å². The molecule has 0 aromatic carbocycles. The van der Waals surface area contributed by atoms with Crippen molar-refractivity contribution in [2.24, 2.45) is 17.8 Å². The van der Waals surface area contributed by atoms with Gasteiger partial charge in [-0.15, -0.1) is 10.2 Å². The lowest BCUT2D eigenvalue weighted by atomic mass is 9.53. The highest BCUT2D eigenvalue weighted by Gasteiger charge is 2.51. The largest absolute Gasteiger partial charge is 0.350 e. The average Bonchev–Trinajstić information content (AvgIpc) is 2.77. The molecular weight excluding hydrogens is 310 g/mol. The maximum Gasteiger partial charge on any atom is 0.233 e. The second-order valence-corrected chi connectivity index (χ2v) is 9.15. The predicted molar refractivity (Wildman–Crippen MR) is 89.3 cm³/mol. The van der Waals surface area contributed by atoms with Gasteiger partial charge in [0.1, 0.15) is 5.82 Å². The molecule has 23 heavy (non-hydrogen) atoms. The fourth-order valence-corrected chi connectivity index (χ4v) is 6.08. The molecule has 0 unspecified atom stereocenters. The lowest BCUT2D eigenvalue weighted by molar-refractivity contribution is -0.126. The van der Waals surface area contributed by atoms with Crippen LogP contribution in [0.5, 0.6) is 0 Å². The SMILES string of the molecule is Cc1nnc(S[C@H](C)C(=O)NC23CC4CC(CC(C4)C2)C3)n1N. The average molecular weight is 335 g/mol. The fraction of sp³-hybridized carbons (Fsp3) is 0.812. The summed E-state index contributed by atoms with van der Waals surface area (Å²) >= 11 is 1.38. The van der Waals surface area contributed by atoms with Gasteiger partial charge >= 0.3 is 0 Å². The van der Waals surface area contributed by atoms with Crippen LogP contribution >= 0.6 is 11.8 Å². The highest BCUT2D eigenvalue weighted by Crippen LogP contribution is 2.55. The van der Waals surface area contributed by atoms with Gasteiger partial charge in [0.25, 0.3) is 0 Å². The third kappa shape index (κ3) is 2.73. The maximum atomic E-state index is 12.7. The number of rotatable bonds is 4. The van der Waals surface area contributed by atoms with E-state index in [0.717, 1.165) is 17.8 Å². The summed E-state index contributed by atoms with van der Waals surface area (Å²) in [4.78, 5) is 12.7. The van der Waals surface area contributed by atoms with Gasteiger partial charge in [-0.05, 0) is 70.1 Å². The van der Waals surface area contributed by atoms with Crippen molar-refractivity contribution in [1.82, 2.24) is 20.2 Å². The van der Waals surface area contributed by atoms with E-state index >= 15 is 0 Å². The molecule has 0 radical (unpaired) electrons. The van der Waals surface area contributed by atoms with Crippen molar-refractivity contribution in [3.63, 3.8) is 0 Å². The smallest absolute Gasteiger partial charge is 0.233 e. The second kappa shape index (κ2) is 5.40. The first-order chi connectivity index (χ1) is 10.9. The first-order valence-corrected chi connectivity index (χ1v) is 9.48. The third-order valence-corrected chi connectivity index (χ3v) is 6.97. The summed E-state index contributed by atoms with van der Waals surface area (Å²) < 4.78 is 1.44. The summed E-state index contributed by atoms with van der Waals surface area (Å²) in [5.74, 6) is 9.14. The molecule has 126 valence electrons. The molecule has 1 amide bonds. The molecule has 0 spiro atoms. The number of aromatic nitrogens is 3. The Bertz CT molecular complexity index is 593. The second-order valence-electron chi connectivity index (χ2n) is 7.85. The Hall–Kier alpha value is -1.24. The van der Waals surface area contributed by atoms with Crippen molar-refractivity contribution in [3.8, 4) is 0 Å². The Morgan fingerprint density at radius 2 is 1.83 bits per heavy atom. The number of nitrogens with one attached hydrogen (secondary N) is 1. The van der Waals surface area contributed by atoms with E-state index in [1.807, 2.05) is 6.92 Å². The molecule has 0 aliphatic heterocycles. The number of aryl methyl sites for hydroxylation is 1. The van der Waals surface area contributed by atoms with Crippen LogP contribution in [0.2, 0.25) is 0 Å². The van der Waals surface area contributed by atoms with Crippen LogP contribution in [-0.4, -0.2) is 31.6 Å². The number of amides is 1. The minimum absolute atomic E-state index is 0.0625. The molecular formula is C16H25N5OS. The van der Waals surface area contributed by atoms with E-state index in [9.17, 15) is 4.79 Å². The van der Waals surface area contributed by atoms with Gasteiger partial charge in [-0.3, -0.25) is 4.79 Å². The highest BCUT2D eigenvalue weighted by molar-refractivity contribution is 8.00. The number of carbonyl (C=O) groups is 1. The van der Waals surface area contributed by atoms with Crippen LogP contribution in [-0.2, 0) is 4.79 Å². The molecule has 6 nitrogen and oxygen atoms in total. The summed E-state index contributed by atoms with van der Waals surface area (Å²) in [6.07, 6.45) is 7.68. The summed E-state index contributed by atoms with van der Waals surface area (Å²) in [5, 5.41) is 11.8. The van der Waals surface area contributed by atoms with Gasteiger partial charge < -0.3 is 11.2 Å². The van der Waals surface area contributed by atoms with E-state index in [1.54, 1.807) is 6.92 Å². The van der Waals surface area contributed by atoms with Gasteiger partial charge in [0, 0.05) is 5.54 Å². The Balaban J connectivity index is 1.42. The Morgan fingerprint density at radius 1 is 1.26 bits per heavy atom. The van der Waals surface area contributed by atoms with Gasteiger partial charge in [-0.1, -0.05) is 11.8 Å². The number of carbonyl (C=O) groups excluding carboxylic acids is 1. The van der Waals surface area contributed by atoms with Crippen LogP contribution in [0.25, 0.3) is 0 Å². The van der Waals surface area contributed by atoms with E-state index in [2.05, 4.69) is 15.5 Å². The standard InChI is InChI=1S/C16H25N5OS/c1-9(23-15-20-19-10(2)21(15)17)14(22)18-16-6-11-3-12(7-16)5-13(4-11)8-16/h9,11-13H,3-8,17H2,1-2H3,(H,18,22)/t9-,11?,12?,13?,16?/m1/s1. The van der Waals surface area contributed by atoms with Crippen molar-refractivity contribution < 1.29 is 4.79 Å². The van der Waals surface area contributed by atoms with Gasteiger partial charge in [0.15, 0.2) is 0 Å². The number of hydrogen-bond donors (Lipinski definition) is 2. The molecule has 1 aromatic rings. The third-order valence-electron chi connectivity index (χ3n) is 5.91. The van der Waals surface area contributed by atoms with Crippen LogP contribution in [0.1, 0.15) is 51.3 Å². The normalized spacial score (nSPS) is 36.2. The van der Waals surface area contributed by atoms with Crippen molar-refractivity contribution >= 4 is 17.7 Å². The number of nitrogen functional groups attached to an aromatic ring is 1. The molecule has 1 atom stereocenters. The number of nitrogens with two attached hydrogens (primary N) is 1. The molecule has 4 bridgehead atoms. The summed E-state index contributed by atoms with van der Waals surface area (Å²) in [6.45, 7) is 3.72. The van der Waals surface area contributed by atoms with Crippen molar-refractivity contribution in [3.05, 3.63) is 5.82 Å².